The van der Waals surface area contributed by atoms with Gasteiger partial charge in [-0.25, -0.2) is 9.18 Å². The van der Waals surface area contributed by atoms with Crippen molar-refractivity contribution in [2.75, 3.05) is 0 Å². The molecule has 0 radical (unpaired) electrons. The van der Waals surface area contributed by atoms with E-state index in [2.05, 4.69) is 15.9 Å². The van der Waals surface area contributed by atoms with Gasteiger partial charge in [0, 0.05) is 6.07 Å². The lowest BCUT2D eigenvalue weighted by Crippen LogP contribution is -2.06. The van der Waals surface area contributed by atoms with Crippen LogP contribution in [0, 0.1) is 5.82 Å². The Bertz CT molecular complexity index is 647. The van der Waals surface area contributed by atoms with E-state index in [1.54, 1.807) is 0 Å². The van der Waals surface area contributed by atoms with Crippen LogP contribution in [0.1, 0.15) is 10.6 Å². The van der Waals surface area contributed by atoms with Crippen molar-refractivity contribution in [2.45, 2.75) is 0 Å². The largest absolute Gasteiger partial charge is 0.475 e. The SMILES string of the molecule is O=C(O)c1cc(=O)c2cc(F)cc(Br)c2o1. The molecule has 0 unspecified atom stereocenters. The third kappa shape index (κ3) is 1.71. The lowest BCUT2D eigenvalue weighted by atomic mass is 10.2. The monoisotopic (exact) mass is 286 g/mol. The van der Waals surface area contributed by atoms with Crippen LogP contribution in [0.3, 0.4) is 0 Å². The average molecular weight is 287 g/mol. The summed E-state index contributed by atoms with van der Waals surface area (Å²) in [5, 5.41) is 8.69. The lowest BCUT2D eigenvalue weighted by molar-refractivity contribution is 0.0663. The second-order valence-electron chi connectivity index (χ2n) is 3.04. The summed E-state index contributed by atoms with van der Waals surface area (Å²) in [6.07, 6.45) is 0. The summed E-state index contributed by atoms with van der Waals surface area (Å²) >= 11 is 3.00. The molecule has 16 heavy (non-hydrogen) atoms. The number of carboxylic acids is 1. The van der Waals surface area contributed by atoms with Crippen LogP contribution in [-0.4, -0.2) is 11.1 Å². The second-order valence-corrected chi connectivity index (χ2v) is 3.90. The molecule has 0 aliphatic heterocycles. The van der Waals surface area contributed by atoms with Crippen molar-refractivity contribution < 1.29 is 18.7 Å². The topological polar surface area (TPSA) is 67.5 Å². The van der Waals surface area contributed by atoms with Crippen LogP contribution in [0.4, 0.5) is 4.39 Å². The molecule has 0 aliphatic rings. The Hall–Kier alpha value is -1.69. The van der Waals surface area contributed by atoms with Crippen molar-refractivity contribution >= 4 is 32.9 Å². The zero-order valence-corrected chi connectivity index (χ0v) is 9.25. The Morgan fingerprint density at radius 2 is 2.06 bits per heavy atom. The summed E-state index contributed by atoms with van der Waals surface area (Å²) in [4.78, 5) is 22.2. The van der Waals surface area contributed by atoms with Crippen molar-refractivity contribution in [2.24, 2.45) is 0 Å². The third-order valence-corrected chi connectivity index (χ3v) is 2.55. The number of halogens is 2. The van der Waals surface area contributed by atoms with Gasteiger partial charge in [-0.3, -0.25) is 4.79 Å². The number of rotatable bonds is 1. The summed E-state index contributed by atoms with van der Waals surface area (Å²) < 4.78 is 18.2. The average Bonchev–Trinajstić information content (AvgIpc) is 2.19. The van der Waals surface area contributed by atoms with Gasteiger partial charge in [-0.15, -0.1) is 0 Å². The van der Waals surface area contributed by atoms with Gasteiger partial charge in [-0.05, 0) is 28.1 Å². The van der Waals surface area contributed by atoms with E-state index in [1.165, 1.54) is 0 Å². The first-order valence-electron chi connectivity index (χ1n) is 4.15. The maximum absolute atomic E-state index is 13.0. The number of carbonyl (C=O) groups is 1. The van der Waals surface area contributed by atoms with Crippen molar-refractivity contribution in [3.8, 4) is 0 Å². The first-order chi connectivity index (χ1) is 7.49. The summed E-state index contributed by atoms with van der Waals surface area (Å²) in [6, 6.07) is 2.91. The molecular formula is C10H4BrFO4. The van der Waals surface area contributed by atoms with Crippen LogP contribution < -0.4 is 5.43 Å². The predicted molar refractivity (Wildman–Crippen MR) is 57.1 cm³/mol. The van der Waals surface area contributed by atoms with E-state index < -0.39 is 23.0 Å². The van der Waals surface area contributed by atoms with Gasteiger partial charge in [0.2, 0.25) is 5.76 Å². The van der Waals surface area contributed by atoms with E-state index in [0.717, 1.165) is 18.2 Å². The van der Waals surface area contributed by atoms with Crippen LogP contribution in [-0.2, 0) is 0 Å². The Morgan fingerprint density at radius 1 is 1.38 bits per heavy atom. The minimum Gasteiger partial charge on any atom is -0.475 e. The molecule has 0 saturated carbocycles. The zero-order chi connectivity index (χ0) is 11.9. The molecule has 0 aliphatic carbocycles. The number of carboxylic acid groups (broad SMARTS) is 1. The molecule has 2 aromatic rings. The van der Waals surface area contributed by atoms with Crippen LogP contribution in [0.2, 0.25) is 0 Å². The Balaban J connectivity index is 2.93. The molecule has 4 nitrogen and oxygen atoms in total. The molecule has 82 valence electrons. The van der Waals surface area contributed by atoms with Gasteiger partial charge in [0.25, 0.3) is 0 Å². The lowest BCUT2D eigenvalue weighted by Gasteiger charge is -2.01. The highest BCUT2D eigenvalue weighted by Crippen LogP contribution is 2.24. The molecule has 0 amide bonds. The van der Waals surface area contributed by atoms with Crippen LogP contribution in [0.5, 0.6) is 0 Å². The number of benzene rings is 1. The van der Waals surface area contributed by atoms with Crippen LogP contribution in [0.25, 0.3) is 11.0 Å². The minimum absolute atomic E-state index is 0.00289. The highest BCUT2D eigenvalue weighted by Gasteiger charge is 2.13. The first kappa shape index (κ1) is 10.8. The third-order valence-electron chi connectivity index (χ3n) is 1.96. The summed E-state index contributed by atoms with van der Waals surface area (Å²) in [6.45, 7) is 0. The normalized spacial score (nSPS) is 10.6. The van der Waals surface area contributed by atoms with Gasteiger partial charge in [0.05, 0.1) is 9.86 Å². The fourth-order valence-corrected chi connectivity index (χ4v) is 1.80. The van der Waals surface area contributed by atoms with Gasteiger partial charge >= 0.3 is 5.97 Å². The highest BCUT2D eigenvalue weighted by atomic mass is 79.9. The molecule has 0 bridgehead atoms. The van der Waals surface area contributed by atoms with E-state index in [9.17, 15) is 14.0 Å². The number of hydrogen-bond donors (Lipinski definition) is 1. The van der Waals surface area contributed by atoms with E-state index in [4.69, 9.17) is 9.52 Å². The van der Waals surface area contributed by atoms with E-state index in [1.807, 2.05) is 0 Å². The standard InChI is InChI=1S/C10H4BrFO4/c11-6-2-4(12)1-5-7(13)3-8(10(14)15)16-9(5)6/h1-3H,(H,14,15). The molecule has 1 N–H and O–H groups in total. The number of hydrogen-bond acceptors (Lipinski definition) is 3. The van der Waals surface area contributed by atoms with Crippen molar-refractivity contribution in [1.82, 2.24) is 0 Å². The molecule has 0 saturated heterocycles. The number of fused-ring (bicyclic) bond motifs is 1. The van der Waals surface area contributed by atoms with Crippen LogP contribution >= 0.6 is 15.9 Å². The molecule has 2 rings (SSSR count). The summed E-state index contributed by atoms with van der Waals surface area (Å²) in [5.74, 6) is -2.44. The summed E-state index contributed by atoms with van der Waals surface area (Å²) in [7, 11) is 0. The Kier molecular flexibility index (Phi) is 2.51. The van der Waals surface area contributed by atoms with Crippen molar-refractivity contribution in [3.63, 3.8) is 0 Å². The van der Waals surface area contributed by atoms with Gasteiger partial charge in [0.1, 0.15) is 5.82 Å². The Labute approximate surface area is 96.4 Å². The number of aromatic carboxylic acids is 1. The first-order valence-corrected chi connectivity index (χ1v) is 4.94. The van der Waals surface area contributed by atoms with Crippen molar-refractivity contribution in [3.05, 3.63) is 44.5 Å². The molecule has 0 spiro atoms. The second kappa shape index (κ2) is 3.71. The molecule has 1 aromatic heterocycles. The van der Waals surface area contributed by atoms with Gasteiger partial charge in [0.15, 0.2) is 11.0 Å². The molecule has 6 heteroatoms. The van der Waals surface area contributed by atoms with Crippen LogP contribution in [0.15, 0.2) is 31.9 Å². The maximum Gasteiger partial charge on any atom is 0.371 e. The fourth-order valence-electron chi connectivity index (χ4n) is 1.29. The summed E-state index contributed by atoms with van der Waals surface area (Å²) in [5.41, 5.74) is -0.579. The quantitative estimate of drug-likeness (QED) is 0.874. The van der Waals surface area contributed by atoms with Gasteiger partial charge in [-0.1, -0.05) is 0 Å². The van der Waals surface area contributed by atoms with E-state index in [-0.39, 0.29) is 15.4 Å². The van der Waals surface area contributed by atoms with E-state index >= 15 is 0 Å². The van der Waals surface area contributed by atoms with Crippen molar-refractivity contribution in [1.29, 1.82) is 0 Å². The molecule has 1 aromatic carbocycles. The fraction of sp³-hybridized carbons (Fsp3) is 0. The molecule has 0 fully saturated rings. The van der Waals surface area contributed by atoms with Gasteiger partial charge < -0.3 is 9.52 Å². The minimum atomic E-state index is -1.35. The molecular weight excluding hydrogens is 283 g/mol. The smallest absolute Gasteiger partial charge is 0.371 e. The van der Waals surface area contributed by atoms with E-state index in [0.29, 0.717) is 0 Å². The molecule has 1 heterocycles. The molecule has 0 atom stereocenters. The zero-order valence-electron chi connectivity index (χ0n) is 7.66. The Morgan fingerprint density at radius 3 is 2.69 bits per heavy atom. The van der Waals surface area contributed by atoms with Gasteiger partial charge in [-0.2, -0.15) is 0 Å². The highest BCUT2D eigenvalue weighted by molar-refractivity contribution is 9.10. The maximum atomic E-state index is 13.0. The predicted octanol–water partition coefficient (Wildman–Crippen LogP) is 2.39.